The molecule has 6 nitrogen and oxygen atoms in total. The van der Waals surface area contributed by atoms with E-state index in [1.54, 1.807) is 36.4 Å². The molecule has 3 aromatic rings. The molecule has 6 heteroatoms. The standard InChI is InChI=1S/C20H18O6/c1-24-14-9-17(25-2)15-11-16(20(23)26-18(15)10-14)19(22)13-5-3-12(4-6-13)7-8-21/h3-6,9-11,21H,7-8H2,1-2H3. The van der Waals surface area contributed by atoms with Gasteiger partial charge in [0.05, 0.1) is 19.6 Å². The first-order valence-electron chi connectivity index (χ1n) is 8.01. The fraction of sp³-hybridized carbons (Fsp3) is 0.200. The Bertz CT molecular complexity index is 1000. The molecule has 1 N–H and O–H groups in total. The number of methoxy groups -OCH3 is 2. The van der Waals surface area contributed by atoms with Gasteiger partial charge in [-0.3, -0.25) is 4.79 Å². The highest BCUT2D eigenvalue weighted by Crippen LogP contribution is 2.31. The van der Waals surface area contributed by atoms with Crippen LogP contribution in [0, 0.1) is 0 Å². The summed E-state index contributed by atoms with van der Waals surface area (Å²) in [6.45, 7) is 0.0326. The SMILES string of the molecule is COc1cc(OC)c2cc(C(=O)c3ccc(CCO)cc3)c(=O)oc2c1. The number of ketones is 1. The van der Waals surface area contributed by atoms with Gasteiger partial charge in [0.25, 0.3) is 0 Å². The smallest absolute Gasteiger partial charge is 0.347 e. The molecule has 26 heavy (non-hydrogen) atoms. The van der Waals surface area contributed by atoms with Crippen LogP contribution in [-0.4, -0.2) is 31.7 Å². The van der Waals surface area contributed by atoms with E-state index >= 15 is 0 Å². The van der Waals surface area contributed by atoms with Crippen molar-refractivity contribution < 1.29 is 23.8 Å². The number of benzene rings is 2. The van der Waals surface area contributed by atoms with Crippen LogP contribution in [0.15, 0.2) is 51.7 Å². The maximum Gasteiger partial charge on any atom is 0.347 e. The Kier molecular flexibility index (Phi) is 5.04. The first-order valence-corrected chi connectivity index (χ1v) is 8.01. The van der Waals surface area contributed by atoms with Crippen LogP contribution in [-0.2, 0) is 6.42 Å². The van der Waals surface area contributed by atoms with Gasteiger partial charge >= 0.3 is 5.63 Å². The molecule has 134 valence electrons. The largest absolute Gasteiger partial charge is 0.496 e. The predicted octanol–water partition coefficient (Wildman–Crippen LogP) is 2.58. The molecule has 0 radical (unpaired) electrons. The average Bonchev–Trinajstić information content (AvgIpc) is 2.66. The predicted molar refractivity (Wildman–Crippen MR) is 96.3 cm³/mol. The van der Waals surface area contributed by atoms with E-state index < -0.39 is 11.4 Å². The molecule has 0 atom stereocenters. The Labute approximate surface area is 149 Å². The maximum absolute atomic E-state index is 12.7. The zero-order chi connectivity index (χ0) is 18.7. The summed E-state index contributed by atoms with van der Waals surface area (Å²) in [6.07, 6.45) is 0.506. The van der Waals surface area contributed by atoms with E-state index in [2.05, 4.69) is 0 Å². The number of fused-ring (bicyclic) bond motifs is 1. The molecule has 1 heterocycles. The summed E-state index contributed by atoms with van der Waals surface area (Å²) in [4.78, 5) is 25.0. The molecule has 0 aliphatic rings. The molecular weight excluding hydrogens is 336 g/mol. The minimum absolute atomic E-state index is 0.0326. The molecule has 0 fully saturated rings. The maximum atomic E-state index is 12.7. The summed E-state index contributed by atoms with van der Waals surface area (Å²) in [6, 6.07) is 11.4. The fourth-order valence-electron chi connectivity index (χ4n) is 2.71. The first-order chi connectivity index (χ1) is 12.6. The second kappa shape index (κ2) is 7.41. The highest BCUT2D eigenvalue weighted by atomic mass is 16.5. The van der Waals surface area contributed by atoms with Crippen LogP contribution < -0.4 is 15.1 Å². The lowest BCUT2D eigenvalue weighted by atomic mass is 10.0. The van der Waals surface area contributed by atoms with Gasteiger partial charge in [0.1, 0.15) is 22.6 Å². The molecule has 0 unspecified atom stereocenters. The van der Waals surface area contributed by atoms with Crippen molar-refractivity contribution in [2.45, 2.75) is 6.42 Å². The van der Waals surface area contributed by atoms with Crippen LogP contribution in [0.1, 0.15) is 21.5 Å². The molecule has 0 bridgehead atoms. The quantitative estimate of drug-likeness (QED) is 0.541. The minimum Gasteiger partial charge on any atom is -0.496 e. The van der Waals surface area contributed by atoms with Gasteiger partial charge in [-0.25, -0.2) is 4.79 Å². The van der Waals surface area contributed by atoms with Gasteiger partial charge in [0.2, 0.25) is 0 Å². The van der Waals surface area contributed by atoms with Crippen LogP contribution in [0.25, 0.3) is 11.0 Å². The van der Waals surface area contributed by atoms with E-state index in [1.807, 2.05) is 0 Å². The average molecular weight is 354 g/mol. The summed E-state index contributed by atoms with van der Waals surface area (Å²) in [5, 5.41) is 9.47. The van der Waals surface area contributed by atoms with Gasteiger partial charge in [-0.2, -0.15) is 0 Å². The first kappa shape index (κ1) is 17.7. The minimum atomic E-state index is -0.725. The van der Waals surface area contributed by atoms with Gasteiger partial charge in [0, 0.05) is 24.3 Å². The normalized spacial score (nSPS) is 10.7. The molecule has 1 aromatic heterocycles. The zero-order valence-corrected chi connectivity index (χ0v) is 14.4. The summed E-state index contributed by atoms with van der Waals surface area (Å²) in [5.74, 6) is 0.487. The Balaban J connectivity index is 2.08. The molecule has 0 spiro atoms. The lowest BCUT2D eigenvalue weighted by Gasteiger charge is -2.09. The second-order valence-electron chi connectivity index (χ2n) is 5.69. The second-order valence-corrected chi connectivity index (χ2v) is 5.69. The summed E-state index contributed by atoms with van der Waals surface area (Å²) in [7, 11) is 2.98. The van der Waals surface area contributed by atoms with Crippen LogP contribution in [0.3, 0.4) is 0 Å². The Morgan fingerprint density at radius 1 is 1.08 bits per heavy atom. The van der Waals surface area contributed by atoms with Crippen LogP contribution >= 0.6 is 0 Å². The highest BCUT2D eigenvalue weighted by Gasteiger charge is 2.18. The molecule has 0 amide bonds. The van der Waals surface area contributed by atoms with E-state index in [-0.39, 0.29) is 17.8 Å². The van der Waals surface area contributed by atoms with Crippen molar-refractivity contribution in [1.29, 1.82) is 0 Å². The number of ether oxygens (including phenoxy) is 2. The van der Waals surface area contributed by atoms with Crippen molar-refractivity contribution in [3.05, 3.63) is 69.6 Å². The number of carbonyl (C=O) groups excluding carboxylic acids is 1. The third-order valence-corrected chi connectivity index (χ3v) is 4.11. The lowest BCUT2D eigenvalue weighted by molar-refractivity contribution is 0.103. The Morgan fingerprint density at radius 2 is 1.81 bits per heavy atom. The third kappa shape index (κ3) is 3.32. The van der Waals surface area contributed by atoms with Crippen molar-refractivity contribution in [2.75, 3.05) is 20.8 Å². The monoisotopic (exact) mass is 354 g/mol. The summed E-state index contributed by atoms with van der Waals surface area (Å²) >= 11 is 0. The van der Waals surface area contributed by atoms with E-state index in [4.69, 9.17) is 19.0 Å². The Hall–Kier alpha value is -3.12. The van der Waals surface area contributed by atoms with Gasteiger partial charge in [0.15, 0.2) is 5.78 Å². The summed E-state index contributed by atoms with van der Waals surface area (Å²) in [5.41, 5.74) is 0.753. The number of aliphatic hydroxyl groups excluding tert-OH is 1. The van der Waals surface area contributed by atoms with Gasteiger partial charge < -0.3 is 19.0 Å². The molecule has 0 aliphatic heterocycles. The molecule has 0 saturated carbocycles. The van der Waals surface area contributed by atoms with E-state index in [1.165, 1.54) is 20.3 Å². The lowest BCUT2D eigenvalue weighted by Crippen LogP contribution is -2.15. The summed E-state index contributed by atoms with van der Waals surface area (Å²) < 4.78 is 15.8. The van der Waals surface area contributed by atoms with E-state index in [0.29, 0.717) is 28.9 Å². The Morgan fingerprint density at radius 3 is 2.42 bits per heavy atom. The van der Waals surface area contributed by atoms with Crippen LogP contribution in [0.2, 0.25) is 0 Å². The van der Waals surface area contributed by atoms with Crippen molar-refractivity contribution >= 4 is 16.8 Å². The van der Waals surface area contributed by atoms with E-state index in [9.17, 15) is 9.59 Å². The van der Waals surface area contributed by atoms with E-state index in [0.717, 1.165) is 5.56 Å². The van der Waals surface area contributed by atoms with Gasteiger partial charge in [-0.05, 0) is 18.1 Å². The molecule has 0 aliphatic carbocycles. The highest BCUT2D eigenvalue weighted by molar-refractivity contribution is 6.10. The molecular formula is C20H18O6. The fourth-order valence-corrected chi connectivity index (χ4v) is 2.71. The van der Waals surface area contributed by atoms with Gasteiger partial charge in [-0.15, -0.1) is 0 Å². The number of hydrogen-bond acceptors (Lipinski definition) is 6. The number of carbonyl (C=O) groups is 1. The third-order valence-electron chi connectivity index (χ3n) is 4.11. The zero-order valence-electron chi connectivity index (χ0n) is 14.4. The topological polar surface area (TPSA) is 86.0 Å². The van der Waals surface area contributed by atoms with Crippen molar-refractivity contribution in [3.8, 4) is 11.5 Å². The number of hydrogen-bond donors (Lipinski definition) is 1. The van der Waals surface area contributed by atoms with Crippen molar-refractivity contribution in [1.82, 2.24) is 0 Å². The number of aliphatic hydroxyl groups is 1. The number of rotatable bonds is 6. The molecule has 3 rings (SSSR count). The van der Waals surface area contributed by atoms with Crippen LogP contribution in [0.4, 0.5) is 0 Å². The van der Waals surface area contributed by atoms with Gasteiger partial charge in [-0.1, -0.05) is 24.3 Å². The van der Waals surface area contributed by atoms with Crippen LogP contribution in [0.5, 0.6) is 11.5 Å². The molecule has 2 aromatic carbocycles. The van der Waals surface area contributed by atoms with Crippen molar-refractivity contribution in [3.63, 3.8) is 0 Å². The van der Waals surface area contributed by atoms with Crippen molar-refractivity contribution in [2.24, 2.45) is 0 Å². The molecule has 0 saturated heterocycles.